The molecule has 2 atom stereocenters. The summed E-state index contributed by atoms with van der Waals surface area (Å²) in [5.74, 6) is 1.87. The Balaban J connectivity index is 1.89. The zero-order valence-corrected chi connectivity index (χ0v) is 9.32. The average molecular weight is 205 g/mol. The Kier molecular flexibility index (Phi) is 3.54. The first-order valence-corrected chi connectivity index (χ1v) is 5.91. The van der Waals surface area contributed by atoms with Crippen LogP contribution in [-0.4, -0.2) is 16.0 Å². The Morgan fingerprint density at radius 3 is 3.13 bits per heavy atom. The van der Waals surface area contributed by atoms with Crippen molar-refractivity contribution in [2.24, 2.45) is 5.92 Å². The third-order valence-corrected chi connectivity index (χ3v) is 3.29. The normalized spacial score (nSPS) is 26.2. The van der Waals surface area contributed by atoms with Crippen molar-refractivity contribution < 1.29 is 0 Å². The van der Waals surface area contributed by atoms with E-state index < -0.39 is 0 Å². The van der Waals surface area contributed by atoms with E-state index in [0.717, 1.165) is 11.7 Å². The first-order chi connectivity index (χ1) is 7.38. The Hall–Kier alpha value is -1.12. The highest BCUT2D eigenvalue weighted by Crippen LogP contribution is 2.28. The third-order valence-electron chi connectivity index (χ3n) is 3.29. The van der Waals surface area contributed by atoms with E-state index in [2.05, 4.69) is 22.2 Å². The van der Waals surface area contributed by atoms with Crippen LogP contribution >= 0.6 is 0 Å². The zero-order chi connectivity index (χ0) is 10.5. The van der Waals surface area contributed by atoms with Crippen molar-refractivity contribution in [2.75, 3.05) is 5.32 Å². The van der Waals surface area contributed by atoms with E-state index in [1.165, 1.54) is 32.1 Å². The summed E-state index contributed by atoms with van der Waals surface area (Å²) in [5.41, 5.74) is 0. The van der Waals surface area contributed by atoms with E-state index in [4.69, 9.17) is 0 Å². The molecule has 0 spiro atoms. The van der Waals surface area contributed by atoms with Crippen molar-refractivity contribution in [3.05, 3.63) is 18.6 Å². The van der Waals surface area contributed by atoms with Gasteiger partial charge in [0, 0.05) is 12.2 Å². The summed E-state index contributed by atoms with van der Waals surface area (Å²) in [6, 6.07) is 2.55. The molecule has 1 aliphatic rings. The number of nitrogens with one attached hydrogen (secondary N) is 1. The molecule has 15 heavy (non-hydrogen) atoms. The molecule has 1 aliphatic carbocycles. The Morgan fingerprint density at radius 1 is 1.47 bits per heavy atom. The molecule has 1 N–H and O–H groups in total. The topological polar surface area (TPSA) is 37.8 Å². The third kappa shape index (κ3) is 2.91. The quantitative estimate of drug-likeness (QED) is 0.824. The minimum atomic E-state index is 0.610. The number of hydrogen-bond donors (Lipinski definition) is 1. The summed E-state index contributed by atoms with van der Waals surface area (Å²) >= 11 is 0. The molecule has 3 nitrogen and oxygen atoms in total. The zero-order valence-electron chi connectivity index (χ0n) is 9.32. The van der Waals surface area contributed by atoms with Crippen LogP contribution in [0.4, 0.5) is 5.82 Å². The fourth-order valence-electron chi connectivity index (χ4n) is 2.38. The van der Waals surface area contributed by atoms with Gasteiger partial charge in [0.2, 0.25) is 0 Å². The second kappa shape index (κ2) is 5.10. The maximum atomic E-state index is 4.20. The number of aromatic nitrogens is 2. The Labute approximate surface area is 91.3 Å². The molecule has 0 radical (unpaired) electrons. The Morgan fingerprint density at radius 2 is 2.40 bits per heavy atom. The molecular weight excluding hydrogens is 186 g/mol. The van der Waals surface area contributed by atoms with E-state index in [0.29, 0.717) is 6.04 Å². The van der Waals surface area contributed by atoms with E-state index in [1.807, 2.05) is 6.07 Å². The number of nitrogens with zero attached hydrogens (tertiary/aromatic N) is 2. The van der Waals surface area contributed by atoms with Gasteiger partial charge in [0.15, 0.2) is 0 Å². The van der Waals surface area contributed by atoms with Crippen molar-refractivity contribution in [1.29, 1.82) is 0 Å². The molecule has 1 heterocycles. The standard InChI is InChI=1S/C12H19N3/c1-2-10-4-3-5-11(8-10)15-12-6-7-13-9-14-12/h6-7,9-11H,2-5,8H2,1H3,(H,13,14,15). The average Bonchev–Trinajstić information content (AvgIpc) is 2.31. The minimum absolute atomic E-state index is 0.610. The van der Waals surface area contributed by atoms with Crippen LogP contribution in [0.25, 0.3) is 0 Å². The molecule has 0 saturated heterocycles. The SMILES string of the molecule is CCC1CCCC(Nc2ccncn2)C1. The van der Waals surface area contributed by atoms with E-state index in [-0.39, 0.29) is 0 Å². The number of anilines is 1. The van der Waals surface area contributed by atoms with Gasteiger partial charge in [-0.15, -0.1) is 0 Å². The van der Waals surface area contributed by atoms with E-state index in [1.54, 1.807) is 12.5 Å². The lowest BCUT2D eigenvalue weighted by Crippen LogP contribution is -2.27. The summed E-state index contributed by atoms with van der Waals surface area (Å²) in [6.45, 7) is 2.29. The maximum absolute atomic E-state index is 4.20. The van der Waals surface area contributed by atoms with Crippen LogP contribution in [0.5, 0.6) is 0 Å². The van der Waals surface area contributed by atoms with Gasteiger partial charge in [-0.3, -0.25) is 0 Å². The van der Waals surface area contributed by atoms with Gasteiger partial charge in [0.25, 0.3) is 0 Å². The lowest BCUT2D eigenvalue weighted by atomic mass is 9.84. The second-order valence-corrected chi connectivity index (χ2v) is 4.38. The molecule has 0 aromatic carbocycles. The van der Waals surface area contributed by atoms with Crippen LogP contribution in [-0.2, 0) is 0 Å². The Bertz CT molecular complexity index is 286. The molecule has 0 amide bonds. The number of hydrogen-bond acceptors (Lipinski definition) is 3. The molecule has 2 rings (SSSR count). The molecule has 3 heteroatoms. The van der Waals surface area contributed by atoms with Crippen molar-refractivity contribution in [3.63, 3.8) is 0 Å². The van der Waals surface area contributed by atoms with Crippen LogP contribution in [0, 0.1) is 5.92 Å². The van der Waals surface area contributed by atoms with Gasteiger partial charge in [-0.05, 0) is 24.8 Å². The van der Waals surface area contributed by atoms with Crippen LogP contribution in [0.3, 0.4) is 0 Å². The number of rotatable bonds is 3. The highest BCUT2D eigenvalue weighted by molar-refractivity contribution is 5.33. The van der Waals surface area contributed by atoms with Gasteiger partial charge in [0.05, 0.1) is 0 Å². The summed E-state index contributed by atoms with van der Waals surface area (Å²) < 4.78 is 0. The second-order valence-electron chi connectivity index (χ2n) is 4.38. The molecule has 82 valence electrons. The smallest absolute Gasteiger partial charge is 0.129 e. The van der Waals surface area contributed by atoms with Gasteiger partial charge in [0.1, 0.15) is 12.1 Å². The predicted octanol–water partition coefficient (Wildman–Crippen LogP) is 2.86. The van der Waals surface area contributed by atoms with Crippen molar-refractivity contribution in [3.8, 4) is 0 Å². The van der Waals surface area contributed by atoms with Gasteiger partial charge in [-0.25, -0.2) is 9.97 Å². The minimum Gasteiger partial charge on any atom is -0.367 e. The van der Waals surface area contributed by atoms with Crippen molar-refractivity contribution >= 4 is 5.82 Å². The highest BCUT2D eigenvalue weighted by Gasteiger charge is 2.20. The highest BCUT2D eigenvalue weighted by atomic mass is 15.0. The van der Waals surface area contributed by atoms with Crippen LogP contribution in [0.1, 0.15) is 39.0 Å². The first kappa shape index (κ1) is 10.4. The molecule has 1 aromatic rings. The van der Waals surface area contributed by atoms with Gasteiger partial charge < -0.3 is 5.32 Å². The fourth-order valence-corrected chi connectivity index (χ4v) is 2.38. The molecule has 0 bridgehead atoms. The van der Waals surface area contributed by atoms with Crippen molar-refractivity contribution in [1.82, 2.24) is 9.97 Å². The molecule has 1 aromatic heterocycles. The summed E-state index contributed by atoms with van der Waals surface area (Å²) in [4.78, 5) is 8.12. The van der Waals surface area contributed by atoms with Gasteiger partial charge in [-0.1, -0.05) is 26.2 Å². The monoisotopic (exact) mass is 205 g/mol. The predicted molar refractivity (Wildman–Crippen MR) is 61.7 cm³/mol. The lowest BCUT2D eigenvalue weighted by molar-refractivity contribution is 0.327. The summed E-state index contributed by atoms with van der Waals surface area (Å²) in [5, 5.41) is 3.49. The molecule has 1 fully saturated rings. The van der Waals surface area contributed by atoms with E-state index in [9.17, 15) is 0 Å². The molecular formula is C12H19N3. The van der Waals surface area contributed by atoms with E-state index >= 15 is 0 Å². The van der Waals surface area contributed by atoms with Crippen LogP contribution < -0.4 is 5.32 Å². The van der Waals surface area contributed by atoms with Crippen LogP contribution in [0.2, 0.25) is 0 Å². The largest absolute Gasteiger partial charge is 0.367 e. The molecule has 0 aliphatic heterocycles. The van der Waals surface area contributed by atoms with Gasteiger partial charge in [-0.2, -0.15) is 0 Å². The fraction of sp³-hybridized carbons (Fsp3) is 0.667. The lowest BCUT2D eigenvalue weighted by Gasteiger charge is -2.29. The van der Waals surface area contributed by atoms with Gasteiger partial charge >= 0.3 is 0 Å². The summed E-state index contributed by atoms with van der Waals surface area (Å²) in [6.07, 6.45) is 10.0. The van der Waals surface area contributed by atoms with Crippen LogP contribution in [0.15, 0.2) is 18.6 Å². The molecule has 1 saturated carbocycles. The van der Waals surface area contributed by atoms with Crippen molar-refractivity contribution in [2.45, 2.75) is 45.1 Å². The first-order valence-electron chi connectivity index (χ1n) is 5.91. The molecule has 2 unspecified atom stereocenters. The summed E-state index contributed by atoms with van der Waals surface area (Å²) in [7, 11) is 0. The maximum Gasteiger partial charge on any atom is 0.129 e.